The second kappa shape index (κ2) is 9.23. The van der Waals surface area contributed by atoms with Crippen LogP contribution in [0.2, 0.25) is 0 Å². The highest BCUT2D eigenvalue weighted by Gasteiger charge is 2.21. The number of nitrogens with zero attached hydrogens (tertiary/aromatic N) is 2. The molecule has 3 N–H and O–H groups in total. The van der Waals surface area contributed by atoms with Gasteiger partial charge >= 0.3 is 5.97 Å². The zero-order valence-corrected chi connectivity index (χ0v) is 18.2. The Morgan fingerprint density at radius 1 is 1.06 bits per heavy atom. The van der Waals surface area contributed by atoms with Crippen LogP contribution in [-0.2, 0) is 22.5 Å². The largest absolute Gasteiger partial charge is 0.449 e. The highest BCUT2D eigenvalue weighted by Crippen LogP contribution is 2.17. The number of aryl methyl sites for hydroxylation is 1. The zero-order chi connectivity index (χ0) is 23.5. The Kier molecular flexibility index (Phi) is 6.21. The molecule has 0 radical (unpaired) electrons. The molecule has 2 aromatic carbocycles. The number of hydrogen-bond acceptors (Lipinski definition) is 6. The molecule has 9 heteroatoms. The Bertz CT molecular complexity index is 1300. The fraction of sp³-hybridized carbons (Fsp3) is 0.292. The lowest BCUT2D eigenvalue weighted by molar-refractivity contribution is -0.123. The SMILES string of the molecule is C[C@H](OC(=O)c1ccc2c(=O)n3c(nc2c1)CCCCC3)C(=O)Nc1ccc(C(N)=O)cc1. The average molecular weight is 448 g/mol. The van der Waals surface area contributed by atoms with Crippen molar-refractivity contribution in [1.29, 1.82) is 0 Å². The summed E-state index contributed by atoms with van der Waals surface area (Å²) in [5.74, 6) is -1.07. The molecule has 170 valence electrons. The van der Waals surface area contributed by atoms with Gasteiger partial charge in [-0.25, -0.2) is 9.78 Å². The Labute approximate surface area is 189 Å². The average Bonchev–Trinajstić information content (AvgIpc) is 3.04. The molecule has 1 aliphatic heterocycles. The molecule has 0 saturated heterocycles. The Hall–Kier alpha value is -4.01. The van der Waals surface area contributed by atoms with Gasteiger partial charge in [-0.05, 0) is 62.2 Å². The predicted molar refractivity (Wildman–Crippen MR) is 122 cm³/mol. The summed E-state index contributed by atoms with van der Waals surface area (Å²) in [6.07, 6.45) is 2.61. The molecule has 0 fully saturated rings. The molecule has 1 aromatic heterocycles. The van der Waals surface area contributed by atoms with E-state index in [1.54, 1.807) is 10.6 Å². The summed E-state index contributed by atoms with van der Waals surface area (Å²) in [5.41, 5.74) is 6.49. The second-order valence-corrected chi connectivity index (χ2v) is 8.01. The molecule has 0 bridgehead atoms. The summed E-state index contributed by atoms with van der Waals surface area (Å²) >= 11 is 0. The molecule has 0 saturated carbocycles. The number of carbonyl (C=O) groups excluding carboxylic acids is 3. The monoisotopic (exact) mass is 448 g/mol. The minimum Gasteiger partial charge on any atom is -0.449 e. The third-order valence-corrected chi connectivity index (χ3v) is 5.64. The number of primary amides is 1. The van der Waals surface area contributed by atoms with E-state index < -0.39 is 23.9 Å². The van der Waals surface area contributed by atoms with Crippen LogP contribution in [0.1, 0.15) is 52.7 Å². The molecular formula is C24H24N4O5. The summed E-state index contributed by atoms with van der Waals surface area (Å²) in [7, 11) is 0. The van der Waals surface area contributed by atoms with Gasteiger partial charge in [-0.15, -0.1) is 0 Å². The molecule has 1 atom stereocenters. The highest BCUT2D eigenvalue weighted by atomic mass is 16.5. The third kappa shape index (κ3) is 4.77. The van der Waals surface area contributed by atoms with Crippen LogP contribution < -0.4 is 16.6 Å². The first-order valence-corrected chi connectivity index (χ1v) is 10.8. The molecule has 2 amide bonds. The van der Waals surface area contributed by atoms with Gasteiger partial charge in [-0.2, -0.15) is 0 Å². The zero-order valence-electron chi connectivity index (χ0n) is 18.2. The Balaban J connectivity index is 1.48. The van der Waals surface area contributed by atoms with Crippen LogP contribution in [-0.4, -0.2) is 33.4 Å². The number of amides is 2. The number of benzene rings is 2. The molecule has 1 aliphatic rings. The van der Waals surface area contributed by atoms with Crippen molar-refractivity contribution in [2.75, 3.05) is 5.32 Å². The number of ether oxygens (including phenoxy) is 1. The molecule has 0 aliphatic carbocycles. The maximum absolute atomic E-state index is 12.8. The van der Waals surface area contributed by atoms with Gasteiger partial charge < -0.3 is 15.8 Å². The number of fused-ring (bicyclic) bond motifs is 2. The third-order valence-electron chi connectivity index (χ3n) is 5.64. The van der Waals surface area contributed by atoms with Gasteiger partial charge in [0, 0.05) is 24.2 Å². The van der Waals surface area contributed by atoms with Crippen molar-refractivity contribution in [3.05, 3.63) is 69.8 Å². The lowest BCUT2D eigenvalue weighted by Crippen LogP contribution is -2.30. The summed E-state index contributed by atoms with van der Waals surface area (Å²) in [6, 6.07) is 10.6. The van der Waals surface area contributed by atoms with Crippen LogP contribution in [0.15, 0.2) is 47.3 Å². The number of nitrogens with two attached hydrogens (primary N) is 1. The minimum absolute atomic E-state index is 0.105. The van der Waals surface area contributed by atoms with E-state index in [4.69, 9.17) is 10.5 Å². The van der Waals surface area contributed by atoms with E-state index in [1.165, 1.54) is 43.3 Å². The van der Waals surface area contributed by atoms with Gasteiger partial charge in [-0.3, -0.25) is 19.0 Å². The number of hydrogen-bond donors (Lipinski definition) is 2. The van der Waals surface area contributed by atoms with E-state index in [9.17, 15) is 19.2 Å². The van der Waals surface area contributed by atoms with Crippen molar-refractivity contribution in [3.63, 3.8) is 0 Å². The number of esters is 1. The lowest BCUT2D eigenvalue weighted by Gasteiger charge is -2.14. The molecule has 33 heavy (non-hydrogen) atoms. The number of carbonyl (C=O) groups is 3. The van der Waals surface area contributed by atoms with Crippen molar-refractivity contribution < 1.29 is 19.1 Å². The summed E-state index contributed by atoms with van der Waals surface area (Å²) in [6.45, 7) is 2.11. The standard InChI is InChI=1S/C24H24N4O5/c1-14(22(30)26-17-9-6-15(7-10-17)21(25)29)33-24(32)16-8-11-18-19(13-16)27-20-5-3-2-4-12-28(20)23(18)31/h6-11,13-14H,2-5,12H2,1H3,(H2,25,29)(H,26,30)/t14-/m0/s1. The first-order chi connectivity index (χ1) is 15.8. The summed E-state index contributed by atoms with van der Waals surface area (Å²) in [5, 5.41) is 3.06. The lowest BCUT2D eigenvalue weighted by atomic mass is 10.1. The Morgan fingerprint density at radius 3 is 2.52 bits per heavy atom. The van der Waals surface area contributed by atoms with Crippen LogP contribution in [0, 0.1) is 0 Å². The maximum Gasteiger partial charge on any atom is 0.338 e. The van der Waals surface area contributed by atoms with E-state index >= 15 is 0 Å². The number of aromatic nitrogens is 2. The van der Waals surface area contributed by atoms with Crippen molar-refractivity contribution in [1.82, 2.24) is 9.55 Å². The summed E-state index contributed by atoms with van der Waals surface area (Å²) < 4.78 is 7.03. The van der Waals surface area contributed by atoms with Gasteiger partial charge in [0.15, 0.2) is 6.10 Å². The highest BCUT2D eigenvalue weighted by molar-refractivity contribution is 5.99. The first-order valence-electron chi connectivity index (χ1n) is 10.8. The summed E-state index contributed by atoms with van der Waals surface area (Å²) in [4.78, 5) is 53.6. The van der Waals surface area contributed by atoms with E-state index in [1.807, 2.05) is 0 Å². The van der Waals surface area contributed by atoms with Gasteiger partial charge in [0.2, 0.25) is 5.91 Å². The minimum atomic E-state index is -1.07. The fourth-order valence-electron chi connectivity index (χ4n) is 3.79. The van der Waals surface area contributed by atoms with Gasteiger partial charge in [0.25, 0.3) is 11.5 Å². The molecule has 0 spiro atoms. The first kappa shape index (κ1) is 22.2. The number of rotatable bonds is 5. The van der Waals surface area contributed by atoms with Crippen LogP contribution in [0.5, 0.6) is 0 Å². The van der Waals surface area contributed by atoms with E-state index in [2.05, 4.69) is 10.3 Å². The van der Waals surface area contributed by atoms with Crippen molar-refractivity contribution >= 4 is 34.4 Å². The topological polar surface area (TPSA) is 133 Å². The second-order valence-electron chi connectivity index (χ2n) is 8.01. The van der Waals surface area contributed by atoms with Gasteiger partial charge in [0.1, 0.15) is 5.82 Å². The molecule has 3 aromatic rings. The molecule has 4 rings (SSSR count). The smallest absolute Gasteiger partial charge is 0.338 e. The number of anilines is 1. The normalized spacial score (nSPS) is 14.1. The molecular weight excluding hydrogens is 424 g/mol. The van der Waals surface area contributed by atoms with Crippen molar-refractivity contribution in [2.24, 2.45) is 5.73 Å². The van der Waals surface area contributed by atoms with Crippen LogP contribution in [0.4, 0.5) is 5.69 Å². The van der Waals surface area contributed by atoms with E-state index in [0.717, 1.165) is 31.5 Å². The molecule has 9 nitrogen and oxygen atoms in total. The van der Waals surface area contributed by atoms with Crippen LogP contribution >= 0.6 is 0 Å². The molecule has 0 unspecified atom stereocenters. The Morgan fingerprint density at radius 2 is 1.79 bits per heavy atom. The van der Waals surface area contributed by atoms with Gasteiger partial charge in [0.05, 0.1) is 16.5 Å². The van der Waals surface area contributed by atoms with E-state index in [-0.39, 0.29) is 11.1 Å². The maximum atomic E-state index is 12.8. The van der Waals surface area contributed by atoms with Crippen molar-refractivity contribution in [3.8, 4) is 0 Å². The van der Waals surface area contributed by atoms with Gasteiger partial charge in [-0.1, -0.05) is 6.42 Å². The molecule has 2 heterocycles. The van der Waals surface area contributed by atoms with Crippen LogP contribution in [0.25, 0.3) is 10.9 Å². The van der Waals surface area contributed by atoms with E-state index in [0.29, 0.717) is 28.7 Å². The van der Waals surface area contributed by atoms with Crippen molar-refractivity contribution in [2.45, 2.75) is 45.3 Å². The number of nitrogens with one attached hydrogen (secondary N) is 1. The quantitative estimate of drug-likeness (QED) is 0.576. The fourth-order valence-corrected chi connectivity index (χ4v) is 3.79. The van der Waals surface area contributed by atoms with Crippen LogP contribution in [0.3, 0.4) is 0 Å². The predicted octanol–water partition coefficient (Wildman–Crippen LogP) is 2.41.